The maximum Gasteiger partial charge on any atom is 0.126 e. The Morgan fingerprint density at radius 3 is 1.86 bits per heavy atom. The summed E-state index contributed by atoms with van der Waals surface area (Å²) >= 11 is 0. The second-order valence-electron chi connectivity index (χ2n) is 6.30. The highest BCUT2D eigenvalue weighted by Gasteiger charge is 2.22. The number of hydrogen-bond donors (Lipinski definition) is 1. The summed E-state index contributed by atoms with van der Waals surface area (Å²) in [5, 5.41) is 0. The van der Waals surface area contributed by atoms with Gasteiger partial charge in [0.15, 0.2) is 0 Å². The quantitative estimate of drug-likeness (QED) is 0.553. The number of halogens is 2. The van der Waals surface area contributed by atoms with Crippen LogP contribution in [0.5, 0.6) is 0 Å². The lowest BCUT2D eigenvalue weighted by Crippen LogP contribution is -2.33. The highest BCUT2D eigenvalue weighted by Crippen LogP contribution is 2.26. The molecule has 120 valence electrons. The molecule has 0 radical (unpaired) electrons. The molecule has 0 aliphatic rings. The number of benzene rings is 1. The Balaban J connectivity index is 2.29. The van der Waals surface area contributed by atoms with Crippen molar-refractivity contribution in [2.45, 2.75) is 77.2 Å². The number of hydrogen-bond acceptors (Lipinski definition) is 1. The van der Waals surface area contributed by atoms with Gasteiger partial charge in [-0.3, -0.25) is 0 Å². The van der Waals surface area contributed by atoms with Crippen molar-refractivity contribution in [3.8, 4) is 0 Å². The maximum atomic E-state index is 13.3. The normalized spacial score (nSPS) is 14.1. The summed E-state index contributed by atoms with van der Waals surface area (Å²) in [4.78, 5) is 0. The third-order valence-electron chi connectivity index (χ3n) is 4.07. The van der Waals surface area contributed by atoms with Crippen LogP contribution in [0, 0.1) is 11.6 Å². The molecule has 1 nitrogen and oxygen atoms in total. The van der Waals surface area contributed by atoms with Gasteiger partial charge in [-0.25, -0.2) is 8.78 Å². The van der Waals surface area contributed by atoms with Gasteiger partial charge in [-0.2, -0.15) is 0 Å². The Hall–Kier alpha value is -0.960. The highest BCUT2D eigenvalue weighted by molar-refractivity contribution is 5.24. The third-order valence-corrected chi connectivity index (χ3v) is 4.07. The number of nitrogens with two attached hydrogens (primary N) is 1. The second kappa shape index (κ2) is 9.14. The van der Waals surface area contributed by atoms with Gasteiger partial charge in [0.2, 0.25) is 0 Å². The summed E-state index contributed by atoms with van der Waals surface area (Å²) in [6.07, 6.45) is 10.6. The van der Waals surface area contributed by atoms with Crippen molar-refractivity contribution in [3.63, 3.8) is 0 Å². The Labute approximate surface area is 127 Å². The zero-order valence-electron chi connectivity index (χ0n) is 13.4. The molecule has 0 aromatic heterocycles. The van der Waals surface area contributed by atoms with Gasteiger partial charge in [0.05, 0.1) is 0 Å². The van der Waals surface area contributed by atoms with Crippen LogP contribution in [0.15, 0.2) is 18.2 Å². The van der Waals surface area contributed by atoms with Gasteiger partial charge in [-0.15, -0.1) is 0 Å². The Morgan fingerprint density at radius 1 is 0.857 bits per heavy atom. The number of rotatable bonds is 10. The first-order valence-electron chi connectivity index (χ1n) is 8.21. The zero-order valence-corrected chi connectivity index (χ0v) is 13.4. The first kappa shape index (κ1) is 18.1. The van der Waals surface area contributed by atoms with E-state index in [1.165, 1.54) is 50.7 Å². The van der Waals surface area contributed by atoms with E-state index in [0.717, 1.165) is 25.3 Å². The van der Waals surface area contributed by atoms with Gasteiger partial charge in [0.1, 0.15) is 11.6 Å². The molecule has 3 heteroatoms. The van der Waals surface area contributed by atoms with E-state index in [1.807, 2.05) is 6.92 Å². The number of unbranched alkanes of at least 4 members (excludes halogenated alkanes) is 7. The van der Waals surface area contributed by atoms with Crippen molar-refractivity contribution in [1.29, 1.82) is 0 Å². The third kappa shape index (κ3) is 7.03. The smallest absolute Gasteiger partial charge is 0.126 e. The average Bonchev–Trinajstić information content (AvgIpc) is 2.40. The van der Waals surface area contributed by atoms with E-state index in [1.54, 1.807) is 0 Å². The maximum absolute atomic E-state index is 13.3. The predicted molar refractivity (Wildman–Crippen MR) is 85.1 cm³/mol. The molecule has 0 spiro atoms. The van der Waals surface area contributed by atoms with Crippen LogP contribution in [0.1, 0.15) is 77.2 Å². The lowest BCUT2D eigenvalue weighted by atomic mass is 9.87. The Bertz CT molecular complexity index is 395. The molecule has 0 saturated heterocycles. The Kier molecular flexibility index (Phi) is 7.87. The molecule has 2 N–H and O–H groups in total. The summed E-state index contributed by atoms with van der Waals surface area (Å²) in [5.74, 6) is -1.12. The van der Waals surface area contributed by atoms with Crippen LogP contribution in [0.25, 0.3) is 0 Å². The lowest BCUT2D eigenvalue weighted by molar-refractivity contribution is 0.415. The van der Waals surface area contributed by atoms with E-state index in [4.69, 9.17) is 5.73 Å². The minimum atomic E-state index is -0.662. The zero-order chi connectivity index (χ0) is 15.7. The fourth-order valence-electron chi connectivity index (χ4n) is 2.65. The SMILES string of the molecule is CCCCCCCCCCC(C)(N)c1cc(F)cc(F)c1. The highest BCUT2D eigenvalue weighted by atomic mass is 19.1. The fourth-order valence-corrected chi connectivity index (χ4v) is 2.65. The Morgan fingerprint density at radius 2 is 1.33 bits per heavy atom. The lowest BCUT2D eigenvalue weighted by Gasteiger charge is -2.25. The molecular formula is C18H29F2N. The van der Waals surface area contributed by atoms with Crippen molar-refractivity contribution in [1.82, 2.24) is 0 Å². The summed E-state index contributed by atoms with van der Waals surface area (Å²) in [6, 6.07) is 3.57. The van der Waals surface area contributed by atoms with Crippen LogP contribution in [0.4, 0.5) is 8.78 Å². The predicted octanol–water partition coefficient (Wildman–Crippen LogP) is 5.67. The molecular weight excluding hydrogens is 268 g/mol. The topological polar surface area (TPSA) is 26.0 Å². The molecule has 0 bridgehead atoms. The van der Waals surface area contributed by atoms with Crippen molar-refractivity contribution in [2.75, 3.05) is 0 Å². The molecule has 0 fully saturated rings. The van der Waals surface area contributed by atoms with Crippen molar-refractivity contribution < 1.29 is 8.78 Å². The first-order valence-corrected chi connectivity index (χ1v) is 8.21. The monoisotopic (exact) mass is 297 g/mol. The molecule has 1 aromatic carbocycles. The van der Waals surface area contributed by atoms with E-state index in [2.05, 4.69) is 6.92 Å². The van der Waals surface area contributed by atoms with Crippen molar-refractivity contribution in [2.24, 2.45) is 5.73 Å². The summed E-state index contributed by atoms with van der Waals surface area (Å²) < 4.78 is 26.5. The largest absolute Gasteiger partial charge is 0.322 e. The van der Waals surface area contributed by atoms with Crippen molar-refractivity contribution >= 4 is 0 Å². The van der Waals surface area contributed by atoms with E-state index in [-0.39, 0.29) is 0 Å². The summed E-state index contributed by atoms with van der Waals surface area (Å²) in [5.41, 5.74) is 6.11. The van der Waals surface area contributed by atoms with Crippen LogP contribution in [-0.2, 0) is 5.54 Å². The molecule has 21 heavy (non-hydrogen) atoms. The molecule has 0 amide bonds. The summed E-state index contributed by atoms with van der Waals surface area (Å²) in [7, 11) is 0. The standard InChI is InChI=1S/C18H29F2N/c1-3-4-5-6-7-8-9-10-11-18(2,21)15-12-16(19)14-17(20)13-15/h12-14H,3-11,21H2,1-2H3. The molecule has 0 aliphatic heterocycles. The van der Waals surface area contributed by atoms with Gasteiger partial charge < -0.3 is 5.73 Å². The van der Waals surface area contributed by atoms with Gasteiger partial charge in [-0.1, -0.05) is 58.3 Å². The van der Waals surface area contributed by atoms with E-state index >= 15 is 0 Å². The second-order valence-corrected chi connectivity index (χ2v) is 6.30. The molecule has 1 aromatic rings. The fraction of sp³-hybridized carbons (Fsp3) is 0.667. The molecule has 0 aliphatic carbocycles. The van der Waals surface area contributed by atoms with Gasteiger partial charge in [-0.05, 0) is 31.0 Å². The van der Waals surface area contributed by atoms with E-state index in [9.17, 15) is 8.78 Å². The average molecular weight is 297 g/mol. The molecule has 1 atom stereocenters. The molecule has 0 saturated carbocycles. The van der Waals surface area contributed by atoms with Crippen LogP contribution >= 0.6 is 0 Å². The minimum absolute atomic E-state index is 0.544. The molecule has 1 unspecified atom stereocenters. The van der Waals surface area contributed by atoms with Crippen LogP contribution in [0.3, 0.4) is 0 Å². The minimum Gasteiger partial charge on any atom is -0.322 e. The van der Waals surface area contributed by atoms with Gasteiger partial charge >= 0.3 is 0 Å². The van der Waals surface area contributed by atoms with Crippen molar-refractivity contribution in [3.05, 3.63) is 35.4 Å². The van der Waals surface area contributed by atoms with E-state index in [0.29, 0.717) is 5.56 Å². The first-order chi connectivity index (χ1) is 9.95. The van der Waals surface area contributed by atoms with Crippen LogP contribution in [0.2, 0.25) is 0 Å². The van der Waals surface area contributed by atoms with E-state index < -0.39 is 17.2 Å². The molecule has 1 rings (SSSR count). The van der Waals surface area contributed by atoms with Crippen LogP contribution < -0.4 is 5.73 Å². The van der Waals surface area contributed by atoms with Gasteiger partial charge in [0, 0.05) is 11.6 Å². The summed E-state index contributed by atoms with van der Waals surface area (Å²) in [6.45, 7) is 4.07. The van der Waals surface area contributed by atoms with Gasteiger partial charge in [0.25, 0.3) is 0 Å². The molecule has 0 heterocycles. The van der Waals surface area contributed by atoms with Crippen LogP contribution in [-0.4, -0.2) is 0 Å².